The van der Waals surface area contributed by atoms with Crippen LogP contribution in [0.2, 0.25) is 0 Å². The monoisotopic (exact) mass is 372 g/mol. The molecule has 0 spiro atoms. The first-order valence-corrected chi connectivity index (χ1v) is 8.38. The van der Waals surface area contributed by atoms with E-state index in [-0.39, 0.29) is 19.0 Å². The van der Waals surface area contributed by atoms with Crippen LogP contribution >= 0.6 is 0 Å². The van der Waals surface area contributed by atoms with Gasteiger partial charge in [-0.2, -0.15) is 13.2 Å². The highest BCUT2D eigenvalue weighted by molar-refractivity contribution is 5.82. The predicted molar refractivity (Wildman–Crippen MR) is 89.6 cm³/mol. The standard InChI is InChI=1S/C18H23F3N2O3/c1-17(2,3)26-16(25)22-14-11-23(15(24)18(19,20)21)10-9-13(14)12-7-5-4-6-8-12/h4-8,13-14H,9-11H2,1-3H3,(H,22,25)/t13-,14-/m1/s1. The minimum Gasteiger partial charge on any atom is -0.444 e. The van der Waals surface area contributed by atoms with Crippen molar-refractivity contribution in [1.29, 1.82) is 0 Å². The second-order valence-electron chi connectivity index (χ2n) is 7.31. The molecule has 1 aromatic carbocycles. The van der Waals surface area contributed by atoms with Crippen LogP contribution in [-0.2, 0) is 9.53 Å². The summed E-state index contributed by atoms with van der Waals surface area (Å²) >= 11 is 0. The average Bonchev–Trinajstić information content (AvgIpc) is 2.52. The molecule has 1 aliphatic heterocycles. The fourth-order valence-corrected chi connectivity index (χ4v) is 3.02. The largest absolute Gasteiger partial charge is 0.471 e. The molecule has 5 nitrogen and oxygen atoms in total. The number of carbonyl (C=O) groups excluding carboxylic acids is 2. The Morgan fingerprint density at radius 2 is 1.77 bits per heavy atom. The van der Waals surface area contributed by atoms with Gasteiger partial charge in [-0.15, -0.1) is 0 Å². The van der Waals surface area contributed by atoms with Gasteiger partial charge in [0.25, 0.3) is 0 Å². The van der Waals surface area contributed by atoms with E-state index in [0.717, 1.165) is 10.5 Å². The molecule has 0 radical (unpaired) electrons. The van der Waals surface area contributed by atoms with Crippen LogP contribution in [0.4, 0.5) is 18.0 Å². The van der Waals surface area contributed by atoms with Crippen LogP contribution in [0.15, 0.2) is 30.3 Å². The summed E-state index contributed by atoms with van der Waals surface area (Å²) in [6, 6.07) is 8.53. The summed E-state index contributed by atoms with van der Waals surface area (Å²) in [5.41, 5.74) is 0.162. The highest BCUT2D eigenvalue weighted by Gasteiger charge is 2.45. The van der Waals surface area contributed by atoms with Crippen molar-refractivity contribution < 1.29 is 27.5 Å². The molecular formula is C18H23F3N2O3. The van der Waals surface area contributed by atoms with Crippen LogP contribution in [0.3, 0.4) is 0 Å². The second kappa shape index (κ2) is 7.55. The van der Waals surface area contributed by atoms with Crippen molar-refractivity contribution in [2.75, 3.05) is 13.1 Å². The molecule has 1 aromatic rings. The Hall–Kier alpha value is -2.25. The number of likely N-dealkylation sites (tertiary alicyclic amines) is 1. The highest BCUT2D eigenvalue weighted by Crippen LogP contribution is 2.31. The average molecular weight is 372 g/mol. The molecule has 1 N–H and O–H groups in total. The summed E-state index contributed by atoms with van der Waals surface area (Å²) in [5.74, 6) is -2.10. The maximum atomic E-state index is 12.8. The van der Waals surface area contributed by atoms with E-state index in [1.165, 1.54) is 0 Å². The van der Waals surface area contributed by atoms with Gasteiger partial charge in [0.15, 0.2) is 0 Å². The zero-order chi connectivity index (χ0) is 19.5. The quantitative estimate of drug-likeness (QED) is 0.865. The summed E-state index contributed by atoms with van der Waals surface area (Å²) < 4.78 is 43.5. The minimum atomic E-state index is -4.93. The second-order valence-corrected chi connectivity index (χ2v) is 7.31. The number of nitrogens with zero attached hydrogens (tertiary/aromatic N) is 1. The first-order chi connectivity index (χ1) is 12.0. The number of halogens is 3. The Morgan fingerprint density at radius 1 is 1.15 bits per heavy atom. The Balaban J connectivity index is 2.19. The van der Waals surface area contributed by atoms with E-state index in [1.807, 2.05) is 30.3 Å². The predicted octanol–water partition coefficient (Wildman–Crippen LogP) is 3.46. The van der Waals surface area contributed by atoms with Gasteiger partial charge in [-0.3, -0.25) is 4.79 Å². The summed E-state index contributed by atoms with van der Waals surface area (Å²) in [4.78, 5) is 24.4. The number of hydrogen-bond acceptors (Lipinski definition) is 3. The number of benzene rings is 1. The van der Waals surface area contributed by atoms with Crippen molar-refractivity contribution in [3.63, 3.8) is 0 Å². The van der Waals surface area contributed by atoms with E-state index in [4.69, 9.17) is 4.74 Å². The molecule has 8 heteroatoms. The van der Waals surface area contributed by atoms with Gasteiger partial charge in [-0.05, 0) is 32.8 Å². The summed E-state index contributed by atoms with van der Waals surface area (Å²) in [5, 5.41) is 2.64. The number of amides is 2. The number of piperidine rings is 1. The van der Waals surface area contributed by atoms with Gasteiger partial charge < -0.3 is 15.0 Å². The number of carbonyl (C=O) groups is 2. The molecule has 1 aliphatic rings. The number of hydrogen-bond donors (Lipinski definition) is 1. The first-order valence-electron chi connectivity index (χ1n) is 8.38. The third-order valence-electron chi connectivity index (χ3n) is 4.07. The number of nitrogens with one attached hydrogen (secondary N) is 1. The third-order valence-corrected chi connectivity index (χ3v) is 4.07. The molecule has 0 saturated carbocycles. The van der Waals surface area contributed by atoms with Crippen LogP contribution in [0.1, 0.15) is 38.7 Å². The van der Waals surface area contributed by atoms with Gasteiger partial charge in [0.2, 0.25) is 0 Å². The third kappa shape index (κ3) is 5.37. The molecular weight excluding hydrogens is 349 g/mol. The fourth-order valence-electron chi connectivity index (χ4n) is 3.02. The van der Waals surface area contributed by atoms with Crippen molar-refractivity contribution in [2.24, 2.45) is 0 Å². The normalized spacial score (nSPS) is 21.2. The Kier molecular flexibility index (Phi) is 5.83. The van der Waals surface area contributed by atoms with E-state index in [1.54, 1.807) is 20.8 Å². The van der Waals surface area contributed by atoms with Crippen LogP contribution < -0.4 is 5.32 Å². The van der Waals surface area contributed by atoms with Crippen molar-refractivity contribution >= 4 is 12.0 Å². The number of ether oxygens (including phenoxy) is 1. The maximum absolute atomic E-state index is 12.8. The van der Waals surface area contributed by atoms with Crippen molar-refractivity contribution in [2.45, 2.75) is 50.9 Å². The molecule has 1 saturated heterocycles. The molecule has 2 atom stereocenters. The molecule has 2 rings (SSSR count). The van der Waals surface area contributed by atoms with Crippen molar-refractivity contribution in [1.82, 2.24) is 10.2 Å². The highest BCUT2D eigenvalue weighted by atomic mass is 19.4. The lowest BCUT2D eigenvalue weighted by Crippen LogP contribution is -2.56. The molecule has 1 fully saturated rings. The van der Waals surface area contributed by atoms with Gasteiger partial charge in [0.1, 0.15) is 5.60 Å². The van der Waals surface area contributed by atoms with Crippen LogP contribution in [0, 0.1) is 0 Å². The summed E-state index contributed by atoms with van der Waals surface area (Å²) in [6.45, 7) is 4.84. The van der Waals surface area contributed by atoms with E-state index in [2.05, 4.69) is 5.32 Å². The Bertz CT molecular complexity index is 641. The topological polar surface area (TPSA) is 58.6 Å². The van der Waals surface area contributed by atoms with Gasteiger partial charge in [0.05, 0.1) is 6.04 Å². The van der Waals surface area contributed by atoms with Crippen LogP contribution in [0.5, 0.6) is 0 Å². The van der Waals surface area contributed by atoms with E-state index < -0.39 is 29.8 Å². The smallest absolute Gasteiger partial charge is 0.444 e. The molecule has 0 aliphatic carbocycles. The molecule has 2 amide bonds. The maximum Gasteiger partial charge on any atom is 0.471 e. The van der Waals surface area contributed by atoms with Gasteiger partial charge in [-0.1, -0.05) is 30.3 Å². The minimum absolute atomic E-state index is 0.0234. The Morgan fingerprint density at radius 3 is 2.31 bits per heavy atom. The molecule has 1 heterocycles. The molecule has 0 bridgehead atoms. The lowest BCUT2D eigenvalue weighted by molar-refractivity contribution is -0.186. The van der Waals surface area contributed by atoms with Crippen molar-refractivity contribution in [3.8, 4) is 0 Å². The van der Waals surface area contributed by atoms with Crippen molar-refractivity contribution in [3.05, 3.63) is 35.9 Å². The first kappa shape index (κ1) is 20.1. The molecule has 0 aromatic heterocycles. The van der Waals surface area contributed by atoms with Gasteiger partial charge in [0, 0.05) is 19.0 Å². The molecule has 0 unspecified atom stereocenters. The Labute approximate surface area is 150 Å². The lowest BCUT2D eigenvalue weighted by Gasteiger charge is -2.39. The zero-order valence-electron chi connectivity index (χ0n) is 15.0. The number of alkyl halides is 3. The molecule has 144 valence electrons. The van der Waals surface area contributed by atoms with E-state index >= 15 is 0 Å². The van der Waals surface area contributed by atoms with Crippen LogP contribution in [0.25, 0.3) is 0 Å². The zero-order valence-corrected chi connectivity index (χ0v) is 15.0. The number of alkyl carbamates (subject to hydrolysis) is 1. The SMILES string of the molecule is CC(C)(C)OC(=O)N[C@@H]1CN(C(=O)C(F)(F)F)CC[C@@H]1c1ccccc1. The number of rotatable bonds is 2. The fraction of sp³-hybridized carbons (Fsp3) is 0.556. The van der Waals surface area contributed by atoms with E-state index in [0.29, 0.717) is 6.42 Å². The lowest BCUT2D eigenvalue weighted by atomic mass is 9.85. The summed E-state index contributed by atoms with van der Waals surface area (Å²) in [6.07, 6.45) is -5.34. The molecule has 26 heavy (non-hydrogen) atoms. The summed E-state index contributed by atoms with van der Waals surface area (Å²) in [7, 11) is 0. The van der Waals surface area contributed by atoms with E-state index in [9.17, 15) is 22.8 Å². The van der Waals surface area contributed by atoms with Crippen LogP contribution in [-0.4, -0.2) is 47.8 Å². The van der Waals surface area contributed by atoms with Gasteiger partial charge >= 0.3 is 18.2 Å². The van der Waals surface area contributed by atoms with Gasteiger partial charge in [-0.25, -0.2) is 4.79 Å².